The van der Waals surface area contributed by atoms with Crippen LogP contribution in [0.3, 0.4) is 0 Å². The van der Waals surface area contributed by atoms with E-state index >= 15 is 0 Å². The maximum Gasteiger partial charge on any atom is 0.233 e. The third kappa shape index (κ3) is 3.54. The van der Waals surface area contributed by atoms with Crippen molar-refractivity contribution in [2.24, 2.45) is 0 Å². The molecule has 0 atom stereocenters. The lowest BCUT2D eigenvalue weighted by molar-refractivity contribution is 1.02. The summed E-state index contributed by atoms with van der Waals surface area (Å²) in [5.74, 6) is 0.870. The Morgan fingerprint density at radius 2 is 1.95 bits per heavy atom. The zero-order chi connectivity index (χ0) is 13.8. The second kappa shape index (κ2) is 6.16. The normalized spacial score (nSPS) is 10.3. The van der Waals surface area contributed by atoms with Crippen LogP contribution >= 0.6 is 27.5 Å². The van der Waals surface area contributed by atoms with E-state index in [1.54, 1.807) is 0 Å². The van der Waals surface area contributed by atoms with Crippen molar-refractivity contribution in [3.05, 3.63) is 33.5 Å². The first-order chi connectivity index (χ1) is 9.10. The van der Waals surface area contributed by atoms with Crippen LogP contribution in [0.15, 0.2) is 22.7 Å². The maximum absolute atomic E-state index is 5.87. The number of halogens is 2. The lowest BCUT2D eigenvalue weighted by Gasteiger charge is -2.10. The van der Waals surface area contributed by atoms with Crippen molar-refractivity contribution in [2.45, 2.75) is 13.8 Å². The molecule has 0 spiro atoms. The molecule has 2 aromatic rings. The van der Waals surface area contributed by atoms with E-state index in [1.807, 2.05) is 32.0 Å². The fourth-order valence-corrected chi connectivity index (χ4v) is 2.03. The van der Waals surface area contributed by atoms with Crippen molar-refractivity contribution < 1.29 is 0 Å². The van der Waals surface area contributed by atoms with Crippen molar-refractivity contribution in [3.8, 4) is 0 Å². The third-order valence-corrected chi connectivity index (χ3v) is 3.49. The number of aromatic nitrogens is 3. The number of rotatable bonds is 4. The van der Waals surface area contributed by atoms with Gasteiger partial charge in [0.25, 0.3) is 0 Å². The molecular formula is C12H13BrClN5. The van der Waals surface area contributed by atoms with Crippen LogP contribution in [-0.2, 0) is 0 Å². The Morgan fingerprint density at radius 3 is 2.68 bits per heavy atom. The number of anilines is 3. The molecule has 2 rings (SSSR count). The molecule has 1 heterocycles. The second-order valence-electron chi connectivity index (χ2n) is 3.82. The van der Waals surface area contributed by atoms with Gasteiger partial charge < -0.3 is 10.6 Å². The van der Waals surface area contributed by atoms with E-state index in [4.69, 9.17) is 11.6 Å². The van der Waals surface area contributed by atoms with Crippen molar-refractivity contribution in [1.29, 1.82) is 0 Å². The fourth-order valence-electron chi connectivity index (χ4n) is 1.51. The van der Waals surface area contributed by atoms with Gasteiger partial charge in [-0.1, -0.05) is 22.0 Å². The Kier molecular flexibility index (Phi) is 4.55. The summed E-state index contributed by atoms with van der Waals surface area (Å²) in [4.78, 5) is 12.3. The van der Waals surface area contributed by atoms with Gasteiger partial charge in [-0.15, -0.1) is 0 Å². The summed E-state index contributed by atoms with van der Waals surface area (Å²) < 4.78 is 1.02. The van der Waals surface area contributed by atoms with Crippen LogP contribution in [0.1, 0.15) is 12.5 Å². The van der Waals surface area contributed by atoms with Gasteiger partial charge in [-0.05, 0) is 43.1 Å². The molecule has 1 aromatic carbocycles. The molecule has 0 aliphatic heterocycles. The van der Waals surface area contributed by atoms with Gasteiger partial charge in [-0.2, -0.15) is 15.0 Å². The van der Waals surface area contributed by atoms with Crippen LogP contribution < -0.4 is 10.6 Å². The highest BCUT2D eigenvalue weighted by Crippen LogP contribution is 2.25. The van der Waals surface area contributed by atoms with Crippen molar-refractivity contribution >= 4 is 45.1 Å². The zero-order valence-electron chi connectivity index (χ0n) is 10.5. The first kappa shape index (κ1) is 14.0. The maximum atomic E-state index is 5.87. The molecule has 0 saturated heterocycles. The highest BCUT2D eigenvalue weighted by atomic mass is 79.9. The SMILES string of the molecule is CCNc1nc(Cl)nc(Nc2cccc(Br)c2C)n1. The summed E-state index contributed by atoms with van der Waals surface area (Å²) >= 11 is 9.35. The molecule has 0 saturated carbocycles. The summed E-state index contributed by atoms with van der Waals surface area (Å²) in [6.45, 7) is 4.68. The summed E-state index contributed by atoms with van der Waals surface area (Å²) in [5, 5.41) is 6.29. The van der Waals surface area contributed by atoms with Crippen molar-refractivity contribution in [2.75, 3.05) is 17.2 Å². The van der Waals surface area contributed by atoms with E-state index in [0.29, 0.717) is 11.9 Å². The summed E-state index contributed by atoms with van der Waals surface area (Å²) in [7, 11) is 0. The van der Waals surface area contributed by atoms with E-state index < -0.39 is 0 Å². The molecule has 0 aliphatic carbocycles. The van der Waals surface area contributed by atoms with E-state index in [0.717, 1.165) is 22.3 Å². The summed E-state index contributed by atoms with van der Waals surface area (Å²) in [6, 6.07) is 5.86. The number of nitrogens with one attached hydrogen (secondary N) is 2. The molecule has 1 aromatic heterocycles. The molecule has 0 amide bonds. The second-order valence-corrected chi connectivity index (χ2v) is 5.01. The van der Waals surface area contributed by atoms with Crippen LogP contribution in [0.4, 0.5) is 17.6 Å². The Bertz CT molecular complexity index is 590. The van der Waals surface area contributed by atoms with Gasteiger partial charge >= 0.3 is 0 Å². The van der Waals surface area contributed by atoms with Gasteiger partial charge in [0.15, 0.2) is 0 Å². The minimum absolute atomic E-state index is 0.154. The van der Waals surface area contributed by atoms with Gasteiger partial charge in [0.1, 0.15) is 0 Å². The minimum Gasteiger partial charge on any atom is -0.354 e. The lowest BCUT2D eigenvalue weighted by atomic mass is 10.2. The molecule has 19 heavy (non-hydrogen) atoms. The molecule has 7 heteroatoms. The average Bonchev–Trinajstić information content (AvgIpc) is 2.35. The predicted molar refractivity (Wildman–Crippen MR) is 81.2 cm³/mol. The van der Waals surface area contributed by atoms with Gasteiger partial charge in [-0.25, -0.2) is 0 Å². The van der Waals surface area contributed by atoms with Gasteiger partial charge in [0, 0.05) is 16.7 Å². The molecule has 2 N–H and O–H groups in total. The zero-order valence-corrected chi connectivity index (χ0v) is 12.9. The Morgan fingerprint density at radius 1 is 1.21 bits per heavy atom. The number of benzene rings is 1. The van der Waals surface area contributed by atoms with E-state index in [2.05, 4.69) is 41.5 Å². The standard InChI is InChI=1S/C12H13BrClN5/c1-3-15-11-17-10(14)18-12(19-11)16-9-6-4-5-8(13)7(9)2/h4-6H,3H2,1-2H3,(H2,15,16,17,18,19). The average molecular weight is 343 g/mol. The largest absolute Gasteiger partial charge is 0.354 e. The number of hydrogen-bond acceptors (Lipinski definition) is 5. The highest BCUT2D eigenvalue weighted by molar-refractivity contribution is 9.10. The number of nitrogens with zero attached hydrogens (tertiary/aromatic N) is 3. The molecule has 100 valence electrons. The predicted octanol–water partition coefficient (Wildman–Crippen LogP) is 3.77. The van der Waals surface area contributed by atoms with Crippen molar-refractivity contribution in [3.63, 3.8) is 0 Å². The number of hydrogen-bond donors (Lipinski definition) is 2. The molecule has 0 aliphatic rings. The molecular weight excluding hydrogens is 330 g/mol. The monoisotopic (exact) mass is 341 g/mol. The lowest BCUT2D eigenvalue weighted by Crippen LogP contribution is -2.07. The third-order valence-electron chi connectivity index (χ3n) is 2.46. The summed E-state index contributed by atoms with van der Waals surface area (Å²) in [6.07, 6.45) is 0. The van der Waals surface area contributed by atoms with Crippen LogP contribution in [-0.4, -0.2) is 21.5 Å². The molecule has 5 nitrogen and oxygen atoms in total. The van der Waals surface area contributed by atoms with Crippen LogP contribution in [0.2, 0.25) is 5.28 Å². The van der Waals surface area contributed by atoms with E-state index in [9.17, 15) is 0 Å². The van der Waals surface area contributed by atoms with Gasteiger partial charge in [-0.3, -0.25) is 0 Å². The van der Waals surface area contributed by atoms with Gasteiger partial charge in [0.05, 0.1) is 0 Å². The minimum atomic E-state index is 0.154. The molecule has 0 radical (unpaired) electrons. The Labute approximate surface area is 125 Å². The highest BCUT2D eigenvalue weighted by Gasteiger charge is 2.07. The first-order valence-electron chi connectivity index (χ1n) is 5.77. The van der Waals surface area contributed by atoms with E-state index in [-0.39, 0.29) is 5.28 Å². The quantitative estimate of drug-likeness (QED) is 0.885. The molecule has 0 fully saturated rings. The fraction of sp³-hybridized carbons (Fsp3) is 0.250. The van der Waals surface area contributed by atoms with Crippen LogP contribution in [0.5, 0.6) is 0 Å². The summed E-state index contributed by atoms with van der Waals surface area (Å²) in [5.41, 5.74) is 1.99. The Hall–Kier alpha value is -1.40. The van der Waals surface area contributed by atoms with E-state index in [1.165, 1.54) is 0 Å². The molecule has 0 bridgehead atoms. The topological polar surface area (TPSA) is 62.7 Å². The Balaban J connectivity index is 2.30. The first-order valence-corrected chi connectivity index (χ1v) is 6.95. The van der Waals surface area contributed by atoms with Crippen molar-refractivity contribution in [1.82, 2.24) is 15.0 Å². The van der Waals surface area contributed by atoms with Crippen LogP contribution in [0.25, 0.3) is 0 Å². The van der Waals surface area contributed by atoms with Crippen LogP contribution in [0, 0.1) is 6.92 Å². The smallest absolute Gasteiger partial charge is 0.233 e. The molecule has 0 unspecified atom stereocenters. The van der Waals surface area contributed by atoms with Gasteiger partial charge in [0.2, 0.25) is 17.2 Å².